The van der Waals surface area contributed by atoms with Crippen LogP contribution >= 0.6 is 0 Å². The molecule has 78 valence electrons. The van der Waals surface area contributed by atoms with E-state index in [2.05, 4.69) is 9.97 Å². The molecule has 0 unspecified atom stereocenters. The molecule has 1 aromatic rings. The summed E-state index contributed by atoms with van der Waals surface area (Å²) in [6.45, 7) is 4.54. The first kappa shape index (κ1) is 11.1. The summed E-state index contributed by atoms with van der Waals surface area (Å²) < 4.78 is 4.96. The molecule has 0 aliphatic heterocycles. The quantitative estimate of drug-likeness (QED) is 0.778. The summed E-state index contributed by atoms with van der Waals surface area (Å²) >= 11 is 0. The van der Waals surface area contributed by atoms with Crippen molar-refractivity contribution in [1.82, 2.24) is 9.97 Å². The van der Waals surface area contributed by atoms with Crippen LogP contribution in [0.25, 0.3) is 0 Å². The number of aromatic nitrogens is 2. The first-order valence-electron chi connectivity index (χ1n) is 4.72. The van der Waals surface area contributed by atoms with Crippen molar-refractivity contribution in [3.05, 3.63) is 23.3 Å². The first-order valence-corrected chi connectivity index (χ1v) is 4.72. The van der Waals surface area contributed by atoms with Crippen LogP contribution in [-0.4, -0.2) is 23.7 Å². The Labute approximate surface area is 84.5 Å². The van der Waals surface area contributed by atoms with Crippen LogP contribution in [0.2, 0.25) is 0 Å². The van der Waals surface area contributed by atoms with Crippen LogP contribution in [0.1, 0.15) is 30.0 Å². The molecule has 0 amide bonds. The molecule has 2 N–H and O–H groups in total. The monoisotopic (exact) mass is 195 g/mol. The lowest BCUT2D eigenvalue weighted by Gasteiger charge is -2.09. The fourth-order valence-corrected chi connectivity index (χ4v) is 1.29. The Hall–Kier alpha value is -1.00. The fourth-order valence-electron chi connectivity index (χ4n) is 1.29. The standard InChI is InChI=1S/C10H17N3O/c1-7(11)9-6-12-10(4-5-14-3)13-8(9)2/h6-7H,4-5,11H2,1-3H3/t7-/m1/s1. The molecule has 0 saturated carbocycles. The SMILES string of the molecule is COCCc1ncc([C@@H](C)N)c(C)n1. The van der Waals surface area contributed by atoms with Crippen molar-refractivity contribution < 1.29 is 4.74 Å². The second-order valence-electron chi connectivity index (χ2n) is 3.36. The maximum Gasteiger partial charge on any atom is 0.130 e. The van der Waals surface area contributed by atoms with Gasteiger partial charge >= 0.3 is 0 Å². The Morgan fingerprint density at radius 2 is 2.29 bits per heavy atom. The van der Waals surface area contributed by atoms with E-state index in [0.29, 0.717) is 6.61 Å². The highest BCUT2D eigenvalue weighted by Gasteiger charge is 2.06. The number of nitrogens with zero attached hydrogens (tertiary/aromatic N) is 2. The summed E-state index contributed by atoms with van der Waals surface area (Å²) in [5, 5.41) is 0. The average molecular weight is 195 g/mol. The van der Waals surface area contributed by atoms with Crippen LogP contribution in [0.4, 0.5) is 0 Å². The molecule has 1 heterocycles. The predicted octanol–water partition coefficient (Wildman–Crippen LogP) is 0.994. The second kappa shape index (κ2) is 5.02. The van der Waals surface area contributed by atoms with E-state index in [1.807, 2.05) is 13.8 Å². The van der Waals surface area contributed by atoms with Crippen LogP contribution in [0.15, 0.2) is 6.20 Å². The molecule has 4 nitrogen and oxygen atoms in total. The number of rotatable bonds is 4. The number of aryl methyl sites for hydroxylation is 1. The lowest BCUT2D eigenvalue weighted by Crippen LogP contribution is -2.11. The highest BCUT2D eigenvalue weighted by atomic mass is 16.5. The molecule has 1 aromatic heterocycles. The Kier molecular flexibility index (Phi) is 3.98. The number of nitrogens with two attached hydrogens (primary N) is 1. The minimum Gasteiger partial charge on any atom is -0.384 e. The lowest BCUT2D eigenvalue weighted by molar-refractivity contribution is 0.200. The molecule has 4 heteroatoms. The van der Waals surface area contributed by atoms with Crippen molar-refractivity contribution in [3.63, 3.8) is 0 Å². The zero-order valence-corrected chi connectivity index (χ0v) is 8.95. The van der Waals surface area contributed by atoms with E-state index in [1.165, 1.54) is 0 Å². The van der Waals surface area contributed by atoms with Crippen LogP contribution in [0, 0.1) is 6.92 Å². The predicted molar refractivity (Wildman–Crippen MR) is 55.0 cm³/mol. The molecule has 0 radical (unpaired) electrons. The van der Waals surface area contributed by atoms with Gasteiger partial charge < -0.3 is 10.5 Å². The number of methoxy groups -OCH3 is 1. The van der Waals surface area contributed by atoms with Gasteiger partial charge in [0, 0.05) is 37.0 Å². The van der Waals surface area contributed by atoms with Crippen LogP contribution in [-0.2, 0) is 11.2 Å². The molecule has 1 rings (SSSR count). The van der Waals surface area contributed by atoms with Crippen molar-refractivity contribution >= 4 is 0 Å². The van der Waals surface area contributed by atoms with Gasteiger partial charge in [-0.1, -0.05) is 0 Å². The van der Waals surface area contributed by atoms with Gasteiger partial charge in [0.2, 0.25) is 0 Å². The molecule has 0 saturated heterocycles. The van der Waals surface area contributed by atoms with Crippen molar-refractivity contribution in [2.75, 3.05) is 13.7 Å². The van der Waals surface area contributed by atoms with E-state index in [4.69, 9.17) is 10.5 Å². The molecular weight excluding hydrogens is 178 g/mol. The van der Waals surface area contributed by atoms with Gasteiger partial charge in [0.05, 0.1) is 6.61 Å². The average Bonchev–Trinajstić information content (AvgIpc) is 2.14. The van der Waals surface area contributed by atoms with Gasteiger partial charge in [-0.15, -0.1) is 0 Å². The molecule has 0 aliphatic rings. The molecule has 0 aromatic carbocycles. The zero-order chi connectivity index (χ0) is 10.6. The van der Waals surface area contributed by atoms with Gasteiger partial charge in [0.25, 0.3) is 0 Å². The van der Waals surface area contributed by atoms with Crippen LogP contribution < -0.4 is 5.73 Å². The smallest absolute Gasteiger partial charge is 0.130 e. The fraction of sp³-hybridized carbons (Fsp3) is 0.600. The molecule has 0 bridgehead atoms. The van der Waals surface area contributed by atoms with Crippen LogP contribution in [0.5, 0.6) is 0 Å². The molecular formula is C10H17N3O. The summed E-state index contributed by atoms with van der Waals surface area (Å²) in [5.74, 6) is 0.814. The maximum absolute atomic E-state index is 5.76. The number of hydrogen-bond acceptors (Lipinski definition) is 4. The van der Waals surface area contributed by atoms with Gasteiger partial charge in [0.15, 0.2) is 0 Å². The van der Waals surface area contributed by atoms with Gasteiger partial charge in [-0.05, 0) is 13.8 Å². The summed E-state index contributed by atoms with van der Waals surface area (Å²) in [6, 6.07) is -0.00789. The first-order chi connectivity index (χ1) is 6.65. The third-order valence-corrected chi connectivity index (χ3v) is 2.09. The van der Waals surface area contributed by atoms with Gasteiger partial charge in [-0.25, -0.2) is 9.97 Å². The molecule has 0 aliphatic carbocycles. The minimum atomic E-state index is -0.00789. The Bertz CT molecular complexity index is 299. The van der Waals surface area contributed by atoms with Crippen molar-refractivity contribution in [1.29, 1.82) is 0 Å². The van der Waals surface area contributed by atoms with Gasteiger partial charge in [0.1, 0.15) is 5.82 Å². The lowest BCUT2D eigenvalue weighted by atomic mass is 10.1. The van der Waals surface area contributed by atoms with Crippen LogP contribution in [0.3, 0.4) is 0 Å². The third-order valence-electron chi connectivity index (χ3n) is 2.09. The van der Waals surface area contributed by atoms with Crippen molar-refractivity contribution in [2.24, 2.45) is 5.73 Å². The highest BCUT2D eigenvalue weighted by Crippen LogP contribution is 2.11. The summed E-state index contributed by atoms with van der Waals surface area (Å²) in [6.07, 6.45) is 2.55. The van der Waals surface area contributed by atoms with E-state index < -0.39 is 0 Å². The highest BCUT2D eigenvalue weighted by molar-refractivity contribution is 5.19. The topological polar surface area (TPSA) is 61.0 Å². The van der Waals surface area contributed by atoms with Crippen molar-refractivity contribution in [2.45, 2.75) is 26.3 Å². The molecule has 14 heavy (non-hydrogen) atoms. The summed E-state index contributed by atoms with van der Waals surface area (Å²) in [4.78, 5) is 8.59. The Balaban J connectivity index is 2.78. The number of ether oxygens (including phenoxy) is 1. The summed E-state index contributed by atoms with van der Waals surface area (Å²) in [7, 11) is 1.67. The largest absolute Gasteiger partial charge is 0.384 e. The zero-order valence-electron chi connectivity index (χ0n) is 8.95. The summed E-state index contributed by atoms with van der Waals surface area (Å²) in [5.41, 5.74) is 7.73. The van der Waals surface area contributed by atoms with E-state index in [9.17, 15) is 0 Å². The molecule has 0 fully saturated rings. The van der Waals surface area contributed by atoms with E-state index in [0.717, 1.165) is 23.5 Å². The van der Waals surface area contributed by atoms with E-state index in [-0.39, 0.29) is 6.04 Å². The Morgan fingerprint density at radius 3 is 2.79 bits per heavy atom. The maximum atomic E-state index is 5.76. The van der Waals surface area contributed by atoms with E-state index in [1.54, 1.807) is 13.3 Å². The molecule has 1 atom stereocenters. The Morgan fingerprint density at radius 1 is 1.57 bits per heavy atom. The van der Waals surface area contributed by atoms with Crippen molar-refractivity contribution in [3.8, 4) is 0 Å². The number of hydrogen-bond donors (Lipinski definition) is 1. The van der Waals surface area contributed by atoms with Gasteiger partial charge in [-0.2, -0.15) is 0 Å². The molecule has 0 spiro atoms. The third kappa shape index (κ3) is 2.75. The van der Waals surface area contributed by atoms with Gasteiger partial charge in [-0.3, -0.25) is 0 Å². The minimum absolute atomic E-state index is 0.00789. The normalized spacial score (nSPS) is 12.9. The second-order valence-corrected chi connectivity index (χ2v) is 3.36. The van der Waals surface area contributed by atoms with E-state index >= 15 is 0 Å².